The van der Waals surface area contributed by atoms with Gasteiger partial charge >= 0.3 is 11.7 Å². The number of anilines is 1. The van der Waals surface area contributed by atoms with Crippen molar-refractivity contribution in [3.05, 3.63) is 52.6 Å². The zero-order valence-corrected chi connectivity index (χ0v) is 26.8. The van der Waals surface area contributed by atoms with Crippen LogP contribution < -0.4 is 22.5 Å². The van der Waals surface area contributed by atoms with Gasteiger partial charge in [0.25, 0.3) is 0 Å². The number of rotatable bonds is 9. The van der Waals surface area contributed by atoms with Gasteiger partial charge in [-0.1, -0.05) is 12.1 Å². The van der Waals surface area contributed by atoms with Gasteiger partial charge in [0.15, 0.2) is 0 Å². The number of urea groups is 1. The third kappa shape index (κ3) is 7.43. The average molecular weight is 631 g/mol. The lowest BCUT2D eigenvalue weighted by atomic mass is 9.52. The smallest absolute Gasteiger partial charge is 0.354 e. The Hall–Kier alpha value is -3.03. The van der Waals surface area contributed by atoms with Crippen LogP contribution in [0.4, 0.5) is 10.6 Å². The van der Waals surface area contributed by atoms with Crippen molar-refractivity contribution in [2.45, 2.75) is 76.5 Å². The van der Waals surface area contributed by atoms with Crippen molar-refractivity contribution in [1.82, 2.24) is 24.3 Å². The maximum atomic E-state index is 12.8. The molecule has 1 spiro atoms. The van der Waals surface area contributed by atoms with E-state index in [1.165, 1.54) is 17.4 Å². The van der Waals surface area contributed by atoms with Crippen LogP contribution in [0.25, 0.3) is 5.69 Å². The number of nitrogens with one attached hydrogen (secondary N) is 1. The Morgan fingerprint density at radius 1 is 1.09 bits per heavy atom. The second-order valence-electron chi connectivity index (χ2n) is 13.3. The lowest BCUT2D eigenvalue weighted by molar-refractivity contribution is -0.137. The first kappa shape index (κ1) is 33.9. The quantitative estimate of drug-likeness (QED) is 0.324. The number of aliphatic hydroxyl groups excluding tert-OH is 1. The molecule has 2 aromatic rings. The van der Waals surface area contributed by atoms with Gasteiger partial charge < -0.3 is 26.4 Å². The molecule has 3 aliphatic rings. The van der Waals surface area contributed by atoms with E-state index in [1.807, 2.05) is 24.3 Å². The van der Waals surface area contributed by atoms with Crippen molar-refractivity contribution < 1.29 is 14.7 Å². The monoisotopic (exact) mass is 630 g/mol. The van der Waals surface area contributed by atoms with E-state index in [9.17, 15) is 19.5 Å². The fourth-order valence-corrected chi connectivity index (χ4v) is 7.07. The predicted octanol–water partition coefficient (Wildman–Crippen LogP) is 1.56. The topological polar surface area (TPSA) is 163 Å². The summed E-state index contributed by atoms with van der Waals surface area (Å²) in [6.07, 6.45) is 7.03. The first-order chi connectivity index (χ1) is 20.4. The van der Waals surface area contributed by atoms with E-state index in [2.05, 4.69) is 22.1 Å². The van der Waals surface area contributed by atoms with Crippen LogP contribution in [0.2, 0.25) is 0 Å². The minimum atomic E-state index is -0.955. The van der Waals surface area contributed by atoms with E-state index in [1.54, 1.807) is 35.9 Å². The average Bonchev–Trinajstić information content (AvgIpc) is 2.93. The summed E-state index contributed by atoms with van der Waals surface area (Å²) >= 11 is 0. The maximum Gasteiger partial charge on any atom is 0.354 e. The number of carbonyl (C=O) groups excluding carboxylic acids is 2. The lowest BCUT2D eigenvalue weighted by Gasteiger charge is -2.60. The summed E-state index contributed by atoms with van der Waals surface area (Å²) in [7, 11) is 0. The molecule has 5 rings (SSSR count). The van der Waals surface area contributed by atoms with Crippen molar-refractivity contribution >= 4 is 30.2 Å². The van der Waals surface area contributed by atoms with Crippen molar-refractivity contribution in [3.63, 3.8) is 0 Å². The molecule has 3 amide bonds. The molecular formula is C31H47ClN8O4. The van der Waals surface area contributed by atoms with Gasteiger partial charge in [-0.05, 0) is 82.1 Å². The fraction of sp³-hybridized carbons (Fsp3) is 0.613. The van der Waals surface area contributed by atoms with E-state index in [0.29, 0.717) is 55.9 Å². The normalized spacial score (nSPS) is 23.9. The summed E-state index contributed by atoms with van der Waals surface area (Å²) < 4.78 is 1.44. The minimum Gasteiger partial charge on any atom is -0.395 e. The zero-order chi connectivity index (χ0) is 30.9. The molecule has 1 saturated heterocycles. The molecule has 0 bridgehead atoms. The van der Waals surface area contributed by atoms with Crippen LogP contribution in [0, 0.1) is 5.41 Å². The summed E-state index contributed by atoms with van der Waals surface area (Å²) in [4.78, 5) is 47.8. The lowest BCUT2D eigenvalue weighted by Crippen LogP contribution is -2.61. The van der Waals surface area contributed by atoms with Gasteiger partial charge in [-0.3, -0.25) is 19.6 Å². The van der Waals surface area contributed by atoms with Crippen LogP contribution in [0.1, 0.15) is 52.0 Å². The van der Waals surface area contributed by atoms with Gasteiger partial charge in [-0.15, -0.1) is 12.4 Å². The third-order valence-corrected chi connectivity index (χ3v) is 9.31. The number of nitrogens with zero attached hydrogens (tertiary/aromatic N) is 5. The highest BCUT2D eigenvalue weighted by atomic mass is 35.5. The Bertz CT molecular complexity index is 1360. The predicted molar refractivity (Wildman–Crippen MR) is 172 cm³/mol. The molecule has 1 aromatic heterocycles. The summed E-state index contributed by atoms with van der Waals surface area (Å²) in [5.74, 6) is 0.0225. The number of piperazine rings is 1. The van der Waals surface area contributed by atoms with E-state index in [4.69, 9.17) is 11.5 Å². The minimum absolute atomic E-state index is 0. The number of aromatic nitrogens is 2. The van der Waals surface area contributed by atoms with Crippen molar-refractivity contribution in [2.75, 3.05) is 44.6 Å². The van der Waals surface area contributed by atoms with Gasteiger partial charge in [0.1, 0.15) is 5.82 Å². The SMILES string of the molecule is CC(Cc1ccc(-n2ccc(NC(=O)N3CCN(C(=O)C(C)(C)N)CC3)nc2=O)cc1)N(CCO)C1CC2(CC(N)C2)C1.Cl. The first-order valence-corrected chi connectivity index (χ1v) is 15.3. The van der Waals surface area contributed by atoms with Crippen molar-refractivity contribution in [3.8, 4) is 5.69 Å². The van der Waals surface area contributed by atoms with Crippen LogP contribution in [-0.2, 0) is 11.2 Å². The van der Waals surface area contributed by atoms with Gasteiger partial charge in [-0.2, -0.15) is 4.98 Å². The molecule has 3 fully saturated rings. The number of hydrogen-bond donors (Lipinski definition) is 4. The number of hydrogen-bond acceptors (Lipinski definition) is 8. The molecule has 1 aliphatic heterocycles. The molecule has 2 saturated carbocycles. The second-order valence-corrected chi connectivity index (χ2v) is 13.3. The fourth-order valence-electron chi connectivity index (χ4n) is 7.07. The Balaban J connectivity index is 0.00000442. The van der Waals surface area contributed by atoms with E-state index in [-0.39, 0.29) is 42.8 Å². The highest BCUT2D eigenvalue weighted by molar-refractivity contribution is 5.89. The summed E-state index contributed by atoms with van der Waals surface area (Å²) in [6, 6.07) is 10.2. The Morgan fingerprint density at radius 2 is 1.70 bits per heavy atom. The zero-order valence-electron chi connectivity index (χ0n) is 25.9. The van der Waals surface area contributed by atoms with Crippen LogP contribution in [0.15, 0.2) is 41.3 Å². The molecule has 242 valence electrons. The van der Waals surface area contributed by atoms with E-state index >= 15 is 0 Å². The van der Waals surface area contributed by atoms with Crippen LogP contribution in [-0.4, -0.2) is 104 Å². The van der Waals surface area contributed by atoms with Gasteiger partial charge in [0.05, 0.1) is 17.8 Å². The highest BCUT2D eigenvalue weighted by Gasteiger charge is 2.53. The number of benzene rings is 1. The van der Waals surface area contributed by atoms with Crippen molar-refractivity contribution in [2.24, 2.45) is 16.9 Å². The molecule has 44 heavy (non-hydrogen) atoms. The Morgan fingerprint density at radius 3 is 2.25 bits per heavy atom. The summed E-state index contributed by atoms with van der Waals surface area (Å²) in [5.41, 5.74) is 12.8. The molecule has 6 N–H and O–H groups in total. The Kier molecular flexibility index (Phi) is 10.4. The molecule has 0 radical (unpaired) electrons. The Labute approximate surface area is 265 Å². The molecule has 2 heterocycles. The number of nitrogens with two attached hydrogens (primary N) is 2. The maximum absolute atomic E-state index is 12.8. The van der Waals surface area contributed by atoms with Gasteiger partial charge in [0, 0.05) is 57.0 Å². The van der Waals surface area contributed by atoms with Crippen LogP contribution >= 0.6 is 12.4 Å². The van der Waals surface area contributed by atoms with Crippen LogP contribution in [0.3, 0.4) is 0 Å². The van der Waals surface area contributed by atoms with Crippen molar-refractivity contribution in [1.29, 1.82) is 0 Å². The largest absolute Gasteiger partial charge is 0.395 e. The summed E-state index contributed by atoms with van der Waals surface area (Å²) in [5, 5.41) is 12.4. The molecule has 1 atom stereocenters. The number of amides is 3. The van der Waals surface area contributed by atoms with E-state index < -0.39 is 11.2 Å². The number of carbonyl (C=O) groups is 2. The molecule has 1 unspecified atom stereocenters. The molecular weight excluding hydrogens is 584 g/mol. The molecule has 13 heteroatoms. The third-order valence-electron chi connectivity index (χ3n) is 9.31. The molecule has 1 aromatic carbocycles. The van der Waals surface area contributed by atoms with E-state index in [0.717, 1.165) is 24.8 Å². The highest BCUT2D eigenvalue weighted by Crippen LogP contribution is 2.56. The molecule has 12 nitrogen and oxygen atoms in total. The van der Waals surface area contributed by atoms with Gasteiger partial charge in [-0.25, -0.2) is 9.59 Å². The second kappa shape index (κ2) is 13.5. The first-order valence-electron chi connectivity index (χ1n) is 15.3. The standard InChI is InChI=1S/C31H46N8O4.ClH/c1-21(38(14-15-40)25-19-31(20-25)17-23(32)18-31)16-22-4-6-24(7-5-22)39-9-8-26(35-29(39)43)34-28(42)37-12-10-36(11-13-37)27(41)30(2,3)33;/h4-9,21,23,25,40H,10-20,32-33H2,1-3H3,(H,34,35,42,43);1H. The number of aliphatic hydroxyl groups is 1. The van der Waals surface area contributed by atoms with Gasteiger partial charge in [0.2, 0.25) is 5.91 Å². The summed E-state index contributed by atoms with van der Waals surface area (Å²) in [6.45, 7) is 7.88. The number of halogens is 1. The van der Waals surface area contributed by atoms with Crippen LogP contribution in [0.5, 0.6) is 0 Å². The molecule has 2 aliphatic carbocycles.